The molecule has 98 valence electrons. The Morgan fingerprint density at radius 3 is 2.82 bits per heavy atom. The van der Waals surface area contributed by atoms with E-state index >= 15 is 0 Å². The summed E-state index contributed by atoms with van der Waals surface area (Å²) in [5, 5.41) is 8.64. The van der Waals surface area contributed by atoms with Crippen LogP contribution in [-0.4, -0.2) is 23.9 Å². The summed E-state index contributed by atoms with van der Waals surface area (Å²) in [6.07, 6.45) is 2.83. The first-order valence-electron chi connectivity index (χ1n) is 6.09. The molecule has 0 radical (unpaired) electrons. The molecule has 1 saturated heterocycles. The number of nitrogens with zero attached hydrogens (tertiary/aromatic N) is 1. The van der Waals surface area contributed by atoms with Crippen LogP contribution in [0, 0.1) is 11.3 Å². The lowest BCUT2D eigenvalue weighted by Crippen LogP contribution is -2.23. The zero-order valence-corrected chi connectivity index (χ0v) is 12.0. The molecule has 0 aliphatic carbocycles. The zero-order valence-electron chi connectivity index (χ0n) is 11.0. The number of hydrogen-bond donors (Lipinski definition) is 0. The van der Waals surface area contributed by atoms with E-state index in [1.54, 1.807) is 0 Å². The van der Waals surface area contributed by atoms with Gasteiger partial charge in [0.15, 0.2) is 9.03 Å². The fraction of sp³-hybridized carbons (Fsp3) is 0.917. The first-order valence-corrected chi connectivity index (χ1v) is 6.91. The summed E-state index contributed by atoms with van der Waals surface area (Å²) < 4.78 is 17.0. The summed E-state index contributed by atoms with van der Waals surface area (Å²) in [5.41, 5.74) is -0.431. The molecule has 1 heterocycles. The van der Waals surface area contributed by atoms with Crippen LogP contribution in [0.3, 0.4) is 0 Å². The summed E-state index contributed by atoms with van der Waals surface area (Å²) >= 11 is 0. The van der Waals surface area contributed by atoms with Crippen molar-refractivity contribution in [2.75, 3.05) is 0 Å². The molecule has 0 aromatic rings. The molecular formula is C12H22NO3P. The Labute approximate surface area is 106 Å². The molecule has 1 aliphatic heterocycles. The first kappa shape index (κ1) is 14.9. The van der Waals surface area contributed by atoms with Crippen LogP contribution in [0.1, 0.15) is 47.0 Å². The maximum Gasteiger partial charge on any atom is 0.155 e. The van der Waals surface area contributed by atoms with Gasteiger partial charge in [0, 0.05) is 6.42 Å². The highest BCUT2D eigenvalue weighted by atomic mass is 31.1. The highest BCUT2D eigenvalue weighted by Crippen LogP contribution is 2.34. The molecule has 4 nitrogen and oxygen atoms in total. The van der Waals surface area contributed by atoms with Gasteiger partial charge in [-0.05, 0) is 27.2 Å². The van der Waals surface area contributed by atoms with Gasteiger partial charge in [0.05, 0.1) is 36.4 Å². The second-order valence-corrected chi connectivity index (χ2v) is 5.67. The topological polar surface area (TPSA) is 51.5 Å². The van der Waals surface area contributed by atoms with Crippen LogP contribution in [0.5, 0.6) is 0 Å². The minimum absolute atomic E-state index is 0.0250. The van der Waals surface area contributed by atoms with Gasteiger partial charge in [-0.3, -0.25) is 0 Å². The smallest absolute Gasteiger partial charge is 0.155 e. The number of rotatable bonds is 6. The van der Waals surface area contributed by atoms with E-state index < -0.39 is 5.60 Å². The van der Waals surface area contributed by atoms with Crippen molar-refractivity contribution in [3.05, 3.63) is 0 Å². The molecule has 1 fully saturated rings. The average Bonchev–Trinajstić information content (AvgIpc) is 2.58. The second-order valence-electron chi connectivity index (χ2n) is 5.07. The van der Waals surface area contributed by atoms with Gasteiger partial charge < -0.3 is 13.8 Å². The standard InChI is InChI=1S/C12H22NO3P/c1-5-10-11(8-9(2)14-10)15-17-16-12(3,4)6-7-13/h9-11,17H,5-6,8H2,1-4H3. The largest absolute Gasteiger partial charge is 0.372 e. The molecule has 0 bridgehead atoms. The Morgan fingerprint density at radius 2 is 2.24 bits per heavy atom. The molecule has 0 amide bonds. The summed E-state index contributed by atoms with van der Waals surface area (Å²) in [6, 6.07) is 2.11. The van der Waals surface area contributed by atoms with Gasteiger partial charge in [0.1, 0.15) is 0 Å². The lowest BCUT2D eigenvalue weighted by molar-refractivity contribution is 0.0178. The Morgan fingerprint density at radius 1 is 1.53 bits per heavy atom. The third-order valence-electron chi connectivity index (χ3n) is 2.81. The van der Waals surface area contributed by atoms with E-state index in [1.807, 2.05) is 13.8 Å². The van der Waals surface area contributed by atoms with E-state index in [0.717, 1.165) is 12.8 Å². The van der Waals surface area contributed by atoms with Crippen LogP contribution in [0.25, 0.3) is 0 Å². The Balaban J connectivity index is 2.29. The van der Waals surface area contributed by atoms with Crippen molar-refractivity contribution in [2.24, 2.45) is 0 Å². The lowest BCUT2D eigenvalue weighted by Gasteiger charge is -2.23. The molecule has 17 heavy (non-hydrogen) atoms. The molecule has 0 spiro atoms. The predicted octanol–water partition coefficient (Wildman–Crippen LogP) is 3.18. The fourth-order valence-electron chi connectivity index (χ4n) is 1.83. The van der Waals surface area contributed by atoms with E-state index in [1.165, 1.54) is 0 Å². The summed E-state index contributed by atoms with van der Waals surface area (Å²) in [5.74, 6) is 0. The van der Waals surface area contributed by atoms with E-state index in [4.69, 9.17) is 19.0 Å². The monoisotopic (exact) mass is 259 g/mol. The van der Waals surface area contributed by atoms with Crippen molar-refractivity contribution < 1.29 is 13.8 Å². The summed E-state index contributed by atoms with van der Waals surface area (Å²) in [4.78, 5) is 0. The maximum atomic E-state index is 8.64. The third-order valence-corrected chi connectivity index (χ3v) is 3.85. The van der Waals surface area contributed by atoms with E-state index in [2.05, 4.69) is 19.9 Å². The van der Waals surface area contributed by atoms with Crippen molar-refractivity contribution in [2.45, 2.75) is 70.9 Å². The van der Waals surface area contributed by atoms with Crippen LogP contribution in [0.4, 0.5) is 0 Å². The minimum Gasteiger partial charge on any atom is -0.372 e. The molecule has 0 aromatic heterocycles. The Hall–Kier alpha value is -0.200. The predicted molar refractivity (Wildman–Crippen MR) is 67.8 cm³/mol. The first-order chi connectivity index (χ1) is 7.98. The quantitative estimate of drug-likeness (QED) is 0.687. The van der Waals surface area contributed by atoms with E-state index in [-0.39, 0.29) is 27.3 Å². The molecule has 0 N–H and O–H groups in total. The summed E-state index contributed by atoms with van der Waals surface area (Å²) in [6.45, 7) is 7.97. The van der Waals surface area contributed by atoms with Crippen molar-refractivity contribution in [3.63, 3.8) is 0 Å². The van der Waals surface area contributed by atoms with Gasteiger partial charge >= 0.3 is 0 Å². The van der Waals surface area contributed by atoms with Gasteiger partial charge in [0.2, 0.25) is 0 Å². The molecule has 5 heteroatoms. The number of hydrogen-bond acceptors (Lipinski definition) is 4. The van der Waals surface area contributed by atoms with Gasteiger partial charge in [0.25, 0.3) is 0 Å². The molecular weight excluding hydrogens is 237 g/mol. The van der Waals surface area contributed by atoms with Crippen LogP contribution in [-0.2, 0) is 13.8 Å². The van der Waals surface area contributed by atoms with Crippen molar-refractivity contribution in [1.82, 2.24) is 0 Å². The Bertz CT molecular complexity index is 277. The lowest BCUT2D eigenvalue weighted by atomic mass is 10.1. The normalized spacial score (nSPS) is 29.9. The van der Waals surface area contributed by atoms with Gasteiger partial charge in [-0.15, -0.1) is 0 Å². The SMILES string of the molecule is CCC1OC(C)CC1OPOC(C)(C)CC#N. The molecule has 0 aromatic carbocycles. The van der Waals surface area contributed by atoms with E-state index in [9.17, 15) is 0 Å². The van der Waals surface area contributed by atoms with Gasteiger partial charge in [-0.2, -0.15) is 5.26 Å². The fourth-order valence-corrected chi connectivity index (χ4v) is 2.55. The van der Waals surface area contributed by atoms with Crippen LogP contribution < -0.4 is 0 Å². The van der Waals surface area contributed by atoms with Crippen LogP contribution >= 0.6 is 9.03 Å². The number of ether oxygens (including phenoxy) is 1. The minimum atomic E-state index is -0.431. The maximum absolute atomic E-state index is 8.64. The van der Waals surface area contributed by atoms with Gasteiger partial charge in [-0.1, -0.05) is 6.92 Å². The van der Waals surface area contributed by atoms with E-state index in [0.29, 0.717) is 6.42 Å². The zero-order chi connectivity index (χ0) is 12.9. The highest BCUT2D eigenvalue weighted by Gasteiger charge is 2.33. The van der Waals surface area contributed by atoms with Crippen molar-refractivity contribution in [3.8, 4) is 6.07 Å². The molecule has 1 rings (SSSR count). The molecule has 1 aliphatic rings. The summed E-state index contributed by atoms with van der Waals surface area (Å²) in [7, 11) is -0.0250. The molecule has 4 unspecified atom stereocenters. The molecule has 0 saturated carbocycles. The van der Waals surface area contributed by atoms with Gasteiger partial charge in [-0.25, -0.2) is 0 Å². The number of nitriles is 1. The molecule has 4 atom stereocenters. The van der Waals surface area contributed by atoms with Crippen LogP contribution in [0.15, 0.2) is 0 Å². The van der Waals surface area contributed by atoms with Crippen molar-refractivity contribution >= 4 is 9.03 Å². The van der Waals surface area contributed by atoms with Crippen molar-refractivity contribution in [1.29, 1.82) is 5.26 Å². The highest BCUT2D eigenvalue weighted by molar-refractivity contribution is 7.26. The Kier molecular flexibility index (Phi) is 5.82. The average molecular weight is 259 g/mol. The van der Waals surface area contributed by atoms with Crippen LogP contribution in [0.2, 0.25) is 0 Å². The second kappa shape index (κ2) is 6.66. The third kappa shape index (κ3) is 4.89.